The van der Waals surface area contributed by atoms with Crippen LogP contribution in [0.25, 0.3) is 0 Å². The first-order valence-corrected chi connectivity index (χ1v) is 8.26. The van der Waals surface area contributed by atoms with Crippen LogP contribution < -0.4 is 10.2 Å². The fourth-order valence-corrected chi connectivity index (χ4v) is 3.63. The lowest BCUT2D eigenvalue weighted by Crippen LogP contribution is -2.35. The van der Waals surface area contributed by atoms with Crippen molar-refractivity contribution < 1.29 is 4.39 Å². The SMILES string of the molecule is CCNCc1c(F)cccc1N1CCC(N2CCCC2)C1. The molecular formula is C17H26FN3. The number of anilines is 1. The molecule has 0 saturated carbocycles. The molecular weight excluding hydrogens is 265 g/mol. The van der Waals surface area contributed by atoms with Crippen molar-refractivity contribution in [3.05, 3.63) is 29.6 Å². The van der Waals surface area contributed by atoms with Gasteiger partial charge in [0.1, 0.15) is 5.82 Å². The maximum absolute atomic E-state index is 14.1. The Labute approximate surface area is 127 Å². The van der Waals surface area contributed by atoms with Crippen molar-refractivity contribution in [2.24, 2.45) is 0 Å². The van der Waals surface area contributed by atoms with Gasteiger partial charge in [0, 0.05) is 36.9 Å². The molecule has 21 heavy (non-hydrogen) atoms. The molecule has 1 aromatic carbocycles. The largest absolute Gasteiger partial charge is 0.370 e. The molecule has 0 amide bonds. The second-order valence-corrected chi connectivity index (χ2v) is 6.15. The number of nitrogens with one attached hydrogen (secondary N) is 1. The quantitative estimate of drug-likeness (QED) is 0.899. The molecule has 0 spiro atoms. The predicted molar refractivity (Wildman–Crippen MR) is 85.2 cm³/mol. The summed E-state index contributed by atoms with van der Waals surface area (Å²) in [4.78, 5) is 4.99. The lowest BCUT2D eigenvalue weighted by molar-refractivity contribution is 0.260. The molecule has 0 bridgehead atoms. The molecule has 1 N–H and O–H groups in total. The van der Waals surface area contributed by atoms with Crippen LogP contribution in [0.2, 0.25) is 0 Å². The Kier molecular flexibility index (Phi) is 4.76. The van der Waals surface area contributed by atoms with E-state index in [0.29, 0.717) is 12.6 Å². The lowest BCUT2D eigenvalue weighted by Gasteiger charge is -2.26. The monoisotopic (exact) mass is 291 g/mol. The Morgan fingerprint density at radius 1 is 1.24 bits per heavy atom. The van der Waals surface area contributed by atoms with E-state index in [2.05, 4.69) is 28.1 Å². The average molecular weight is 291 g/mol. The van der Waals surface area contributed by atoms with E-state index in [0.717, 1.165) is 30.9 Å². The number of nitrogens with zero attached hydrogens (tertiary/aromatic N) is 2. The second kappa shape index (κ2) is 6.75. The topological polar surface area (TPSA) is 18.5 Å². The minimum atomic E-state index is -0.0851. The van der Waals surface area contributed by atoms with Crippen LogP contribution in [-0.4, -0.2) is 43.7 Å². The smallest absolute Gasteiger partial charge is 0.129 e. The number of hydrogen-bond acceptors (Lipinski definition) is 3. The molecule has 1 aromatic rings. The molecule has 2 heterocycles. The van der Waals surface area contributed by atoms with Gasteiger partial charge in [-0.05, 0) is 51.0 Å². The summed E-state index contributed by atoms with van der Waals surface area (Å²) >= 11 is 0. The van der Waals surface area contributed by atoms with Gasteiger partial charge in [-0.25, -0.2) is 4.39 Å². The molecule has 1 atom stereocenters. The number of benzene rings is 1. The first-order chi connectivity index (χ1) is 10.3. The van der Waals surface area contributed by atoms with Gasteiger partial charge in [0.25, 0.3) is 0 Å². The summed E-state index contributed by atoms with van der Waals surface area (Å²) in [5.74, 6) is -0.0851. The summed E-state index contributed by atoms with van der Waals surface area (Å²) in [7, 11) is 0. The normalized spacial score (nSPS) is 23.1. The fourth-order valence-electron chi connectivity index (χ4n) is 3.63. The zero-order valence-corrected chi connectivity index (χ0v) is 12.9. The molecule has 3 nitrogen and oxygen atoms in total. The van der Waals surface area contributed by atoms with E-state index in [1.54, 1.807) is 6.07 Å². The zero-order chi connectivity index (χ0) is 14.7. The van der Waals surface area contributed by atoms with Crippen molar-refractivity contribution in [3.8, 4) is 0 Å². The Hall–Kier alpha value is -1.13. The molecule has 3 rings (SSSR count). The van der Waals surface area contributed by atoms with Crippen molar-refractivity contribution in [3.63, 3.8) is 0 Å². The Balaban J connectivity index is 1.73. The van der Waals surface area contributed by atoms with Crippen LogP contribution in [0.3, 0.4) is 0 Å². The van der Waals surface area contributed by atoms with E-state index in [-0.39, 0.29) is 5.82 Å². The molecule has 2 saturated heterocycles. The van der Waals surface area contributed by atoms with Crippen LogP contribution in [0, 0.1) is 5.82 Å². The minimum Gasteiger partial charge on any atom is -0.370 e. The summed E-state index contributed by atoms with van der Waals surface area (Å²) in [6.07, 6.45) is 3.88. The zero-order valence-electron chi connectivity index (χ0n) is 12.9. The number of halogens is 1. The molecule has 116 valence electrons. The second-order valence-electron chi connectivity index (χ2n) is 6.15. The van der Waals surface area contributed by atoms with Crippen molar-refractivity contribution in [1.82, 2.24) is 10.2 Å². The average Bonchev–Trinajstić information content (AvgIpc) is 3.16. The van der Waals surface area contributed by atoms with Gasteiger partial charge >= 0.3 is 0 Å². The van der Waals surface area contributed by atoms with Gasteiger partial charge < -0.3 is 10.2 Å². The third kappa shape index (κ3) is 3.22. The summed E-state index contributed by atoms with van der Waals surface area (Å²) < 4.78 is 14.1. The van der Waals surface area contributed by atoms with E-state index in [4.69, 9.17) is 0 Å². The van der Waals surface area contributed by atoms with Gasteiger partial charge in [-0.15, -0.1) is 0 Å². The van der Waals surface area contributed by atoms with E-state index in [1.165, 1.54) is 32.4 Å². The van der Waals surface area contributed by atoms with Crippen LogP contribution >= 0.6 is 0 Å². The summed E-state index contributed by atoms with van der Waals surface area (Å²) in [5.41, 5.74) is 1.90. The standard InChI is InChI=1S/C17H26FN3/c1-2-19-12-15-16(18)6-5-7-17(15)21-11-8-14(13-21)20-9-3-4-10-20/h5-7,14,19H,2-4,8-13H2,1H3. The van der Waals surface area contributed by atoms with Crippen LogP contribution in [-0.2, 0) is 6.54 Å². The first kappa shape index (κ1) is 14.8. The van der Waals surface area contributed by atoms with Crippen LogP contribution in [0.15, 0.2) is 18.2 Å². The van der Waals surface area contributed by atoms with Crippen molar-refractivity contribution in [2.45, 2.75) is 38.8 Å². The number of hydrogen-bond donors (Lipinski definition) is 1. The molecule has 0 aliphatic carbocycles. The number of rotatable bonds is 5. The molecule has 1 unspecified atom stereocenters. The molecule has 0 radical (unpaired) electrons. The molecule has 4 heteroatoms. The fraction of sp³-hybridized carbons (Fsp3) is 0.647. The van der Waals surface area contributed by atoms with Crippen LogP contribution in [0.5, 0.6) is 0 Å². The van der Waals surface area contributed by atoms with Gasteiger partial charge in [0.15, 0.2) is 0 Å². The third-order valence-corrected chi connectivity index (χ3v) is 4.81. The molecule has 2 fully saturated rings. The van der Waals surface area contributed by atoms with E-state index >= 15 is 0 Å². The Morgan fingerprint density at radius 2 is 2.05 bits per heavy atom. The van der Waals surface area contributed by atoms with Gasteiger partial charge in [0.2, 0.25) is 0 Å². The molecule has 0 aromatic heterocycles. The van der Waals surface area contributed by atoms with Crippen molar-refractivity contribution in [2.75, 3.05) is 37.6 Å². The highest BCUT2D eigenvalue weighted by Crippen LogP contribution is 2.29. The minimum absolute atomic E-state index is 0.0851. The van der Waals surface area contributed by atoms with Gasteiger partial charge in [-0.2, -0.15) is 0 Å². The lowest BCUT2D eigenvalue weighted by atomic mass is 10.1. The van der Waals surface area contributed by atoms with Gasteiger partial charge in [-0.3, -0.25) is 4.90 Å². The van der Waals surface area contributed by atoms with Crippen molar-refractivity contribution >= 4 is 5.69 Å². The van der Waals surface area contributed by atoms with Crippen LogP contribution in [0.1, 0.15) is 31.7 Å². The third-order valence-electron chi connectivity index (χ3n) is 4.81. The summed E-state index contributed by atoms with van der Waals surface area (Å²) in [5, 5.41) is 3.26. The summed E-state index contributed by atoms with van der Waals surface area (Å²) in [6, 6.07) is 6.14. The highest BCUT2D eigenvalue weighted by molar-refractivity contribution is 5.55. The maximum atomic E-state index is 14.1. The summed E-state index contributed by atoms with van der Waals surface area (Å²) in [6.45, 7) is 8.11. The van der Waals surface area contributed by atoms with E-state index in [1.807, 2.05) is 6.07 Å². The Morgan fingerprint density at radius 3 is 2.81 bits per heavy atom. The van der Waals surface area contributed by atoms with Crippen LogP contribution in [0.4, 0.5) is 10.1 Å². The first-order valence-electron chi connectivity index (χ1n) is 8.26. The highest BCUT2D eigenvalue weighted by Gasteiger charge is 2.30. The molecule has 2 aliphatic heterocycles. The maximum Gasteiger partial charge on any atom is 0.129 e. The van der Waals surface area contributed by atoms with E-state index in [9.17, 15) is 4.39 Å². The number of likely N-dealkylation sites (tertiary alicyclic amines) is 1. The highest BCUT2D eigenvalue weighted by atomic mass is 19.1. The van der Waals surface area contributed by atoms with E-state index < -0.39 is 0 Å². The van der Waals surface area contributed by atoms with Gasteiger partial charge in [0.05, 0.1) is 0 Å². The predicted octanol–water partition coefficient (Wildman–Crippen LogP) is 2.61. The van der Waals surface area contributed by atoms with Crippen molar-refractivity contribution in [1.29, 1.82) is 0 Å². The Bertz CT molecular complexity index is 471. The molecule has 2 aliphatic rings. The van der Waals surface area contributed by atoms with Gasteiger partial charge in [-0.1, -0.05) is 13.0 Å².